The molecule has 0 unspecified atom stereocenters. The van der Waals surface area contributed by atoms with Crippen LogP contribution in [-0.2, 0) is 6.54 Å². The van der Waals surface area contributed by atoms with Gasteiger partial charge in [-0.05, 0) is 42.7 Å². The molecule has 0 bridgehead atoms. The zero-order valence-electron chi connectivity index (χ0n) is 13.1. The third-order valence-corrected chi connectivity index (χ3v) is 4.44. The fraction of sp³-hybridized carbons (Fsp3) is 0.235. The van der Waals surface area contributed by atoms with Gasteiger partial charge in [0.2, 0.25) is 0 Å². The maximum absolute atomic E-state index is 12.3. The van der Waals surface area contributed by atoms with Crippen LogP contribution in [0.4, 0.5) is 11.4 Å². The summed E-state index contributed by atoms with van der Waals surface area (Å²) in [5, 5.41) is 18.0. The van der Waals surface area contributed by atoms with Crippen molar-refractivity contribution in [2.45, 2.75) is 25.4 Å². The predicted octanol–water partition coefficient (Wildman–Crippen LogP) is 4.41. The van der Waals surface area contributed by atoms with Gasteiger partial charge in [0.25, 0.3) is 11.6 Å². The van der Waals surface area contributed by atoms with Gasteiger partial charge in [-0.2, -0.15) is 0 Å². The van der Waals surface area contributed by atoms with E-state index in [2.05, 4.69) is 10.6 Å². The second-order valence-electron chi connectivity index (χ2n) is 5.83. The lowest BCUT2D eigenvalue weighted by atomic mass is 10.1. The van der Waals surface area contributed by atoms with Crippen molar-refractivity contribution < 1.29 is 9.72 Å². The predicted molar refractivity (Wildman–Crippen MR) is 97.4 cm³/mol. The molecule has 1 aliphatic rings. The van der Waals surface area contributed by atoms with Crippen LogP contribution in [0.25, 0.3) is 0 Å². The van der Waals surface area contributed by atoms with Crippen LogP contribution >= 0.6 is 23.2 Å². The molecule has 0 spiro atoms. The van der Waals surface area contributed by atoms with Crippen LogP contribution in [0.1, 0.15) is 28.8 Å². The Labute approximate surface area is 154 Å². The number of nitrogens with one attached hydrogen (secondary N) is 2. The molecule has 1 saturated carbocycles. The van der Waals surface area contributed by atoms with E-state index in [9.17, 15) is 14.9 Å². The van der Waals surface area contributed by atoms with E-state index < -0.39 is 10.8 Å². The van der Waals surface area contributed by atoms with E-state index in [1.54, 1.807) is 30.3 Å². The molecule has 130 valence electrons. The number of halogens is 2. The quantitative estimate of drug-likeness (QED) is 0.575. The Bertz CT molecular complexity index is 838. The Balaban J connectivity index is 1.72. The number of carbonyl (C=O) groups excluding carboxylic acids is 1. The van der Waals surface area contributed by atoms with Gasteiger partial charge in [-0.1, -0.05) is 29.3 Å². The van der Waals surface area contributed by atoms with E-state index >= 15 is 0 Å². The lowest BCUT2D eigenvalue weighted by molar-refractivity contribution is -0.384. The van der Waals surface area contributed by atoms with Gasteiger partial charge in [-0.3, -0.25) is 14.9 Å². The molecule has 2 N–H and O–H groups in total. The molecule has 0 radical (unpaired) electrons. The monoisotopic (exact) mass is 379 g/mol. The first-order chi connectivity index (χ1) is 11.9. The largest absolute Gasteiger partial charge is 0.377 e. The summed E-state index contributed by atoms with van der Waals surface area (Å²) in [7, 11) is 0. The molecular formula is C17H15Cl2N3O3. The van der Waals surface area contributed by atoms with Crippen molar-refractivity contribution in [1.29, 1.82) is 0 Å². The zero-order chi connectivity index (χ0) is 18.0. The molecule has 0 saturated heterocycles. The first kappa shape index (κ1) is 17.5. The number of hydrogen-bond donors (Lipinski definition) is 2. The van der Waals surface area contributed by atoms with E-state index in [4.69, 9.17) is 23.2 Å². The third kappa shape index (κ3) is 4.41. The third-order valence-electron chi connectivity index (χ3n) is 3.85. The Hall–Kier alpha value is -2.31. The molecule has 0 atom stereocenters. The standard InChI is InChI=1S/C17H15Cl2N3O3/c18-12-3-1-11(14(19)8-12)9-20-17(23)10-2-6-15(21-13-4-5-13)16(7-10)22(24)25/h1-3,6-8,13,21H,4-5,9H2,(H,20,23). The molecule has 0 aromatic heterocycles. The fourth-order valence-electron chi connectivity index (χ4n) is 2.34. The van der Waals surface area contributed by atoms with Crippen LogP contribution in [0.5, 0.6) is 0 Å². The number of nitro benzene ring substituents is 1. The first-order valence-corrected chi connectivity index (χ1v) is 8.47. The van der Waals surface area contributed by atoms with Gasteiger partial charge in [-0.15, -0.1) is 0 Å². The van der Waals surface area contributed by atoms with Gasteiger partial charge < -0.3 is 10.6 Å². The van der Waals surface area contributed by atoms with Crippen molar-refractivity contribution >= 4 is 40.5 Å². The topological polar surface area (TPSA) is 84.3 Å². The molecule has 6 nitrogen and oxygen atoms in total. The Kier molecular flexibility index (Phi) is 5.11. The molecule has 1 amide bonds. The van der Waals surface area contributed by atoms with Crippen LogP contribution < -0.4 is 10.6 Å². The first-order valence-electron chi connectivity index (χ1n) is 7.71. The number of anilines is 1. The minimum Gasteiger partial charge on any atom is -0.377 e. The Morgan fingerprint density at radius 3 is 2.60 bits per heavy atom. The number of carbonyl (C=O) groups is 1. The van der Waals surface area contributed by atoms with Gasteiger partial charge in [-0.25, -0.2) is 0 Å². The molecule has 0 aliphatic heterocycles. The number of amides is 1. The van der Waals surface area contributed by atoms with Gasteiger partial charge in [0.05, 0.1) is 4.92 Å². The number of hydrogen-bond acceptors (Lipinski definition) is 4. The van der Waals surface area contributed by atoms with E-state index in [-0.39, 0.29) is 23.8 Å². The number of nitrogens with zero attached hydrogens (tertiary/aromatic N) is 1. The van der Waals surface area contributed by atoms with Crippen LogP contribution in [0.3, 0.4) is 0 Å². The molecule has 1 aliphatic carbocycles. The summed E-state index contributed by atoms with van der Waals surface area (Å²) < 4.78 is 0. The van der Waals surface area contributed by atoms with E-state index in [0.29, 0.717) is 21.3 Å². The smallest absolute Gasteiger partial charge is 0.293 e. The van der Waals surface area contributed by atoms with Crippen LogP contribution in [0.2, 0.25) is 10.0 Å². The molecule has 25 heavy (non-hydrogen) atoms. The Morgan fingerprint density at radius 1 is 1.20 bits per heavy atom. The number of rotatable bonds is 6. The van der Waals surface area contributed by atoms with Gasteiger partial charge >= 0.3 is 0 Å². The van der Waals surface area contributed by atoms with Crippen LogP contribution in [0, 0.1) is 10.1 Å². The second-order valence-corrected chi connectivity index (χ2v) is 6.67. The molecule has 2 aromatic rings. The minimum atomic E-state index is -0.489. The normalized spacial score (nSPS) is 13.4. The van der Waals surface area contributed by atoms with Crippen LogP contribution in [-0.4, -0.2) is 16.9 Å². The van der Waals surface area contributed by atoms with Crippen molar-refractivity contribution in [3.63, 3.8) is 0 Å². The van der Waals surface area contributed by atoms with Gasteiger partial charge in [0, 0.05) is 34.3 Å². The summed E-state index contributed by atoms with van der Waals surface area (Å²) in [5.74, 6) is -0.410. The summed E-state index contributed by atoms with van der Waals surface area (Å²) in [6.45, 7) is 0.199. The van der Waals surface area contributed by atoms with Crippen molar-refractivity contribution in [3.05, 3.63) is 67.7 Å². The highest BCUT2D eigenvalue weighted by Gasteiger charge is 2.25. The summed E-state index contributed by atoms with van der Waals surface area (Å²) >= 11 is 11.9. The summed E-state index contributed by atoms with van der Waals surface area (Å²) in [5.41, 5.74) is 1.26. The van der Waals surface area contributed by atoms with Crippen molar-refractivity contribution in [2.75, 3.05) is 5.32 Å². The summed E-state index contributed by atoms with van der Waals surface area (Å²) in [4.78, 5) is 23.1. The Morgan fingerprint density at radius 2 is 1.96 bits per heavy atom. The maximum atomic E-state index is 12.3. The molecular weight excluding hydrogens is 365 g/mol. The highest BCUT2D eigenvalue weighted by Crippen LogP contribution is 2.31. The summed E-state index contributed by atoms with van der Waals surface area (Å²) in [6, 6.07) is 9.69. The lowest BCUT2D eigenvalue weighted by Gasteiger charge is -2.09. The van der Waals surface area contributed by atoms with Crippen molar-refractivity contribution in [3.8, 4) is 0 Å². The zero-order valence-corrected chi connectivity index (χ0v) is 14.6. The molecule has 8 heteroatoms. The van der Waals surface area contributed by atoms with Crippen LogP contribution in [0.15, 0.2) is 36.4 Å². The molecule has 1 fully saturated rings. The maximum Gasteiger partial charge on any atom is 0.293 e. The van der Waals surface area contributed by atoms with Gasteiger partial charge in [0.1, 0.15) is 5.69 Å². The fourth-order valence-corrected chi connectivity index (χ4v) is 2.81. The average molecular weight is 380 g/mol. The van der Waals surface area contributed by atoms with E-state index in [1.807, 2.05) is 0 Å². The van der Waals surface area contributed by atoms with Gasteiger partial charge in [0.15, 0.2) is 0 Å². The van der Waals surface area contributed by atoms with E-state index in [1.165, 1.54) is 6.07 Å². The number of benzene rings is 2. The minimum absolute atomic E-state index is 0.107. The molecule has 0 heterocycles. The summed E-state index contributed by atoms with van der Waals surface area (Å²) in [6.07, 6.45) is 2.00. The molecule has 3 rings (SSSR count). The van der Waals surface area contributed by atoms with Crippen molar-refractivity contribution in [1.82, 2.24) is 5.32 Å². The lowest BCUT2D eigenvalue weighted by Crippen LogP contribution is -2.23. The van der Waals surface area contributed by atoms with E-state index in [0.717, 1.165) is 12.8 Å². The highest BCUT2D eigenvalue weighted by molar-refractivity contribution is 6.35. The number of nitro groups is 1. The highest BCUT2D eigenvalue weighted by atomic mass is 35.5. The average Bonchev–Trinajstić information content (AvgIpc) is 3.38. The SMILES string of the molecule is O=C(NCc1ccc(Cl)cc1Cl)c1ccc(NC2CC2)c([N+](=O)[O-])c1. The van der Waals surface area contributed by atoms with Crippen molar-refractivity contribution in [2.24, 2.45) is 0 Å². The molecule has 2 aromatic carbocycles. The second kappa shape index (κ2) is 7.29.